The van der Waals surface area contributed by atoms with Gasteiger partial charge in [-0.05, 0) is 18.6 Å². The zero-order valence-corrected chi connectivity index (χ0v) is 17.5. The van der Waals surface area contributed by atoms with E-state index < -0.39 is 12.1 Å². The fourth-order valence-electron chi connectivity index (χ4n) is 4.00. The summed E-state index contributed by atoms with van der Waals surface area (Å²) in [7, 11) is 1.89. The lowest BCUT2D eigenvalue weighted by Gasteiger charge is -2.35. The monoisotopic (exact) mass is 405 g/mol. The number of benzene rings is 2. The molecule has 156 valence electrons. The van der Waals surface area contributed by atoms with E-state index in [0.717, 1.165) is 30.5 Å². The number of rotatable bonds is 5. The lowest BCUT2D eigenvalue weighted by Crippen LogP contribution is -2.51. The van der Waals surface area contributed by atoms with E-state index in [9.17, 15) is 9.59 Å². The number of carbonyl (C=O) groups is 2. The highest BCUT2D eigenvalue weighted by molar-refractivity contribution is 6.05. The van der Waals surface area contributed by atoms with Crippen LogP contribution in [0.5, 0.6) is 0 Å². The Morgan fingerprint density at radius 1 is 0.967 bits per heavy atom. The van der Waals surface area contributed by atoms with Crippen LogP contribution in [0.3, 0.4) is 0 Å². The predicted octanol–water partition coefficient (Wildman–Crippen LogP) is 3.07. The van der Waals surface area contributed by atoms with Crippen molar-refractivity contribution >= 4 is 22.8 Å². The van der Waals surface area contributed by atoms with Crippen molar-refractivity contribution in [1.29, 1.82) is 0 Å². The van der Waals surface area contributed by atoms with Crippen molar-refractivity contribution in [2.45, 2.75) is 19.6 Å². The summed E-state index contributed by atoms with van der Waals surface area (Å²) in [6.45, 7) is 5.44. The SMILES string of the molecule is CC(OC(=O)c1cn(C)c2ccccc12)C(=O)N1CCN(Cc2ccccc2)CC1. The maximum Gasteiger partial charge on any atom is 0.341 e. The molecule has 1 aromatic heterocycles. The number of para-hydroxylation sites is 1. The van der Waals surface area contributed by atoms with Gasteiger partial charge < -0.3 is 14.2 Å². The van der Waals surface area contributed by atoms with Gasteiger partial charge in [-0.2, -0.15) is 0 Å². The fraction of sp³-hybridized carbons (Fsp3) is 0.333. The van der Waals surface area contributed by atoms with E-state index in [0.29, 0.717) is 18.7 Å². The van der Waals surface area contributed by atoms with Crippen molar-refractivity contribution in [2.75, 3.05) is 26.2 Å². The van der Waals surface area contributed by atoms with Crippen LogP contribution in [0, 0.1) is 0 Å². The minimum absolute atomic E-state index is 0.136. The van der Waals surface area contributed by atoms with Crippen molar-refractivity contribution < 1.29 is 14.3 Å². The Bertz CT molecular complexity index is 1040. The molecule has 1 aliphatic heterocycles. The molecule has 1 saturated heterocycles. The maximum atomic E-state index is 12.8. The lowest BCUT2D eigenvalue weighted by molar-refractivity contribution is -0.141. The third-order valence-electron chi connectivity index (χ3n) is 5.68. The summed E-state index contributed by atoms with van der Waals surface area (Å²) in [5, 5.41) is 0.833. The molecule has 1 aliphatic rings. The van der Waals surface area contributed by atoms with E-state index in [1.165, 1.54) is 5.56 Å². The molecule has 0 radical (unpaired) electrons. The highest BCUT2D eigenvalue weighted by Gasteiger charge is 2.28. The highest BCUT2D eigenvalue weighted by atomic mass is 16.5. The molecule has 30 heavy (non-hydrogen) atoms. The number of esters is 1. The van der Waals surface area contributed by atoms with Gasteiger partial charge in [-0.3, -0.25) is 9.69 Å². The number of fused-ring (bicyclic) bond motifs is 1. The van der Waals surface area contributed by atoms with Crippen LogP contribution in [0.4, 0.5) is 0 Å². The number of piperazine rings is 1. The average Bonchev–Trinajstić information content (AvgIpc) is 3.11. The number of aryl methyl sites for hydroxylation is 1. The summed E-state index contributed by atoms with van der Waals surface area (Å²) in [6, 6.07) is 18.0. The second kappa shape index (κ2) is 8.71. The van der Waals surface area contributed by atoms with Gasteiger partial charge in [0.2, 0.25) is 0 Å². The van der Waals surface area contributed by atoms with Crippen molar-refractivity contribution in [3.8, 4) is 0 Å². The van der Waals surface area contributed by atoms with E-state index in [-0.39, 0.29) is 5.91 Å². The Labute approximate surface area is 176 Å². The predicted molar refractivity (Wildman–Crippen MR) is 116 cm³/mol. The zero-order chi connectivity index (χ0) is 21.1. The van der Waals surface area contributed by atoms with Crippen LogP contribution in [-0.2, 0) is 23.1 Å². The van der Waals surface area contributed by atoms with E-state index in [1.54, 1.807) is 18.0 Å². The first-order valence-corrected chi connectivity index (χ1v) is 10.3. The van der Waals surface area contributed by atoms with Crippen LogP contribution in [0.15, 0.2) is 60.8 Å². The molecule has 6 nitrogen and oxygen atoms in total. The van der Waals surface area contributed by atoms with E-state index in [1.807, 2.05) is 54.1 Å². The van der Waals surface area contributed by atoms with Crippen molar-refractivity contribution in [2.24, 2.45) is 7.05 Å². The Morgan fingerprint density at radius 2 is 1.63 bits per heavy atom. The van der Waals surface area contributed by atoms with E-state index in [4.69, 9.17) is 4.74 Å². The molecule has 4 rings (SSSR count). The molecule has 0 spiro atoms. The van der Waals surface area contributed by atoms with Gasteiger partial charge in [-0.1, -0.05) is 48.5 Å². The summed E-state index contributed by atoms with van der Waals surface area (Å²) < 4.78 is 7.43. The summed E-state index contributed by atoms with van der Waals surface area (Å²) in [4.78, 5) is 29.7. The second-order valence-electron chi connectivity index (χ2n) is 7.81. The Kier molecular flexibility index (Phi) is 5.86. The molecular formula is C24H27N3O3. The Morgan fingerprint density at radius 3 is 2.37 bits per heavy atom. The Hall–Kier alpha value is -3.12. The first-order valence-electron chi connectivity index (χ1n) is 10.3. The van der Waals surface area contributed by atoms with Gasteiger partial charge in [-0.25, -0.2) is 4.79 Å². The minimum Gasteiger partial charge on any atom is -0.449 e. The number of hydrogen-bond donors (Lipinski definition) is 0. The molecule has 1 unspecified atom stereocenters. The van der Waals surface area contributed by atoms with Gasteiger partial charge in [0.05, 0.1) is 5.56 Å². The first-order chi connectivity index (χ1) is 14.5. The van der Waals surface area contributed by atoms with Crippen LogP contribution in [0.1, 0.15) is 22.8 Å². The molecule has 1 atom stereocenters. The van der Waals surface area contributed by atoms with Crippen LogP contribution in [0.2, 0.25) is 0 Å². The third-order valence-corrected chi connectivity index (χ3v) is 5.68. The summed E-state index contributed by atoms with van der Waals surface area (Å²) >= 11 is 0. The number of aromatic nitrogens is 1. The van der Waals surface area contributed by atoms with Crippen LogP contribution in [0.25, 0.3) is 10.9 Å². The van der Waals surface area contributed by atoms with E-state index in [2.05, 4.69) is 17.0 Å². The molecular weight excluding hydrogens is 378 g/mol. The molecule has 6 heteroatoms. The van der Waals surface area contributed by atoms with Gasteiger partial charge in [0.25, 0.3) is 5.91 Å². The van der Waals surface area contributed by atoms with Gasteiger partial charge in [0.15, 0.2) is 6.10 Å². The van der Waals surface area contributed by atoms with Gasteiger partial charge in [0.1, 0.15) is 0 Å². The smallest absolute Gasteiger partial charge is 0.341 e. The highest BCUT2D eigenvalue weighted by Crippen LogP contribution is 2.21. The molecule has 2 heterocycles. The maximum absolute atomic E-state index is 12.8. The second-order valence-corrected chi connectivity index (χ2v) is 7.81. The number of nitrogens with zero attached hydrogens (tertiary/aromatic N) is 3. The molecule has 0 bridgehead atoms. The third kappa shape index (κ3) is 4.24. The number of hydrogen-bond acceptors (Lipinski definition) is 4. The van der Waals surface area contributed by atoms with Gasteiger partial charge in [0, 0.05) is 56.9 Å². The van der Waals surface area contributed by atoms with Gasteiger partial charge >= 0.3 is 5.97 Å². The molecule has 3 aromatic rings. The standard InChI is InChI=1S/C24H27N3O3/c1-18(30-24(29)21-17-25(2)22-11-7-6-10-20(21)22)23(28)27-14-12-26(13-15-27)16-19-8-4-3-5-9-19/h3-11,17-18H,12-16H2,1-2H3. The first kappa shape index (κ1) is 20.2. The number of carbonyl (C=O) groups excluding carboxylic acids is 2. The normalized spacial score (nSPS) is 15.9. The van der Waals surface area contributed by atoms with E-state index >= 15 is 0 Å². The van der Waals surface area contributed by atoms with Crippen LogP contribution in [-0.4, -0.2) is 58.5 Å². The molecule has 1 amide bonds. The fourth-order valence-corrected chi connectivity index (χ4v) is 4.00. The van der Waals surface area contributed by atoms with Crippen LogP contribution < -0.4 is 0 Å². The van der Waals surface area contributed by atoms with Crippen molar-refractivity contribution in [3.63, 3.8) is 0 Å². The summed E-state index contributed by atoms with van der Waals surface area (Å²) in [5.41, 5.74) is 2.72. The largest absolute Gasteiger partial charge is 0.449 e. The van der Waals surface area contributed by atoms with Gasteiger partial charge in [-0.15, -0.1) is 0 Å². The summed E-state index contributed by atoms with van der Waals surface area (Å²) in [5.74, 6) is -0.599. The summed E-state index contributed by atoms with van der Waals surface area (Å²) in [6.07, 6.45) is 0.948. The van der Waals surface area contributed by atoms with Crippen molar-refractivity contribution in [1.82, 2.24) is 14.4 Å². The lowest BCUT2D eigenvalue weighted by atomic mass is 10.2. The molecule has 0 N–H and O–H groups in total. The van der Waals surface area contributed by atoms with Crippen LogP contribution >= 0.6 is 0 Å². The Balaban J connectivity index is 1.33. The zero-order valence-electron chi connectivity index (χ0n) is 17.5. The topological polar surface area (TPSA) is 54.8 Å². The minimum atomic E-state index is -0.808. The van der Waals surface area contributed by atoms with Crippen molar-refractivity contribution in [3.05, 3.63) is 71.9 Å². The molecule has 0 aliphatic carbocycles. The quantitative estimate of drug-likeness (QED) is 0.612. The number of ether oxygens (including phenoxy) is 1. The molecule has 0 saturated carbocycles. The molecule has 2 aromatic carbocycles. The average molecular weight is 405 g/mol. The number of amides is 1. The molecule has 1 fully saturated rings.